The van der Waals surface area contributed by atoms with Crippen LogP contribution in [0.2, 0.25) is 0 Å². The van der Waals surface area contributed by atoms with Gasteiger partial charge in [-0.3, -0.25) is 18.9 Å². The van der Waals surface area contributed by atoms with Crippen LogP contribution in [0.4, 0.5) is 5.13 Å². The van der Waals surface area contributed by atoms with Crippen LogP contribution in [0.5, 0.6) is 0 Å². The number of nitrogens with one attached hydrogen (secondary N) is 2. The van der Waals surface area contributed by atoms with Crippen molar-refractivity contribution in [1.29, 1.82) is 0 Å². The summed E-state index contributed by atoms with van der Waals surface area (Å²) < 4.78 is 55.6. The fourth-order valence-corrected chi connectivity index (χ4v) is 4.13. The summed E-state index contributed by atoms with van der Waals surface area (Å²) in [5.74, 6) is -1.91. The molecule has 1 aliphatic heterocycles. The van der Waals surface area contributed by atoms with Gasteiger partial charge < -0.3 is 10.2 Å². The van der Waals surface area contributed by atoms with Gasteiger partial charge in [-0.1, -0.05) is 5.16 Å². The molecule has 1 saturated heterocycles. The summed E-state index contributed by atoms with van der Waals surface area (Å²) in [5.41, 5.74) is -0.364. The molecule has 1 aliphatic rings. The molecule has 2 heterocycles. The Balaban J connectivity index is 0.00000420. The van der Waals surface area contributed by atoms with E-state index in [0.717, 1.165) is 17.6 Å². The van der Waals surface area contributed by atoms with Gasteiger partial charge in [0.05, 0.1) is 12.8 Å². The molecule has 3 N–H and O–H groups in total. The van der Waals surface area contributed by atoms with Crippen molar-refractivity contribution in [3.05, 3.63) is 11.1 Å². The summed E-state index contributed by atoms with van der Waals surface area (Å²) >= 11 is 0.894. The predicted molar refractivity (Wildman–Crippen MR) is 106 cm³/mol. The molecular formula is C12H18N5NaO8S3. The summed E-state index contributed by atoms with van der Waals surface area (Å²) in [6, 6.07) is -1.19. The number of thiazole rings is 1. The zero-order chi connectivity index (χ0) is 21.3. The number of amides is 2. The summed E-state index contributed by atoms with van der Waals surface area (Å²) in [7, 11) is -8.27. The average Bonchev–Trinajstić information content (AvgIpc) is 2.95. The molecule has 0 bridgehead atoms. The van der Waals surface area contributed by atoms with Crippen molar-refractivity contribution in [1.82, 2.24) is 14.6 Å². The SMILES string of the molecule is CC(C)ON=C(C(=O)NC1CN(S(=O)(=O)O)C1=O)c1csc(NS(C)(=O)=O)n1.[NaH]. The second kappa shape index (κ2) is 9.67. The van der Waals surface area contributed by atoms with Crippen molar-refractivity contribution in [2.24, 2.45) is 5.16 Å². The van der Waals surface area contributed by atoms with Crippen LogP contribution < -0.4 is 10.0 Å². The van der Waals surface area contributed by atoms with E-state index in [1.165, 1.54) is 5.38 Å². The minimum atomic E-state index is -4.69. The summed E-state index contributed by atoms with van der Waals surface area (Å²) in [5, 5.41) is 7.28. The van der Waals surface area contributed by atoms with E-state index in [4.69, 9.17) is 9.39 Å². The molecule has 0 spiro atoms. The third-order valence-corrected chi connectivity index (χ3v) is 5.40. The van der Waals surface area contributed by atoms with Crippen LogP contribution in [0.15, 0.2) is 10.5 Å². The molecule has 0 saturated carbocycles. The fourth-order valence-electron chi connectivity index (χ4n) is 1.89. The van der Waals surface area contributed by atoms with Gasteiger partial charge in [0.1, 0.15) is 17.8 Å². The van der Waals surface area contributed by atoms with Crippen LogP contribution in [0.1, 0.15) is 19.5 Å². The number of anilines is 1. The molecule has 158 valence electrons. The molecule has 1 aromatic rings. The quantitative estimate of drug-likeness (QED) is 0.126. The van der Waals surface area contributed by atoms with Crippen molar-refractivity contribution >= 4 is 83.9 Å². The number of rotatable bonds is 8. The van der Waals surface area contributed by atoms with E-state index in [1.54, 1.807) is 13.8 Å². The third-order valence-electron chi connectivity index (χ3n) is 3.07. The van der Waals surface area contributed by atoms with E-state index in [9.17, 15) is 26.4 Å². The van der Waals surface area contributed by atoms with Gasteiger partial charge in [0.25, 0.3) is 11.8 Å². The van der Waals surface area contributed by atoms with E-state index in [2.05, 4.69) is 20.2 Å². The summed E-state index contributed by atoms with van der Waals surface area (Å²) in [6.07, 6.45) is 0.538. The van der Waals surface area contributed by atoms with Crippen LogP contribution >= 0.6 is 11.3 Å². The molecule has 0 aliphatic carbocycles. The van der Waals surface area contributed by atoms with E-state index in [0.29, 0.717) is 0 Å². The number of carbonyl (C=O) groups excluding carboxylic acids is 2. The van der Waals surface area contributed by atoms with Crippen molar-refractivity contribution < 1.29 is 35.8 Å². The Morgan fingerprint density at radius 1 is 1.41 bits per heavy atom. The number of aromatic nitrogens is 1. The molecule has 0 radical (unpaired) electrons. The van der Waals surface area contributed by atoms with Gasteiger partial charge in [0.2, 0.25) is 10.0 Å². The Hall–Kier alpha value is -1.30. The zero-order valence-electron chi connectivity index (χ0n) is 14.8. The molecule has 1 fully saturated rings. The van der Waals surface area contributed by atoms with E-state index < -0.39 is 50.8 Å². The monoisotopic (exact) mass is 479 g/mol. The first-order chi connectivity index (χ1) is 12.8. The first kappa shape index (κ1) is 25.7. The first-order valence-corrected chi connectivity index (χ1v) is 11.7. The zero-order valence-corrected chi connectivity index (χ0v) is 17.3. The molecule has 0 aromatic carbocycles. The van der Waals surface area contributed by atoms with Crippen LogP contribution in [0.25, 0.3) is 0 Å². The molecule has 1 aromatic heterocycles. The van der Waals surface area contributed by atoms with E-state index >= 15 is 0 Å². The predicted octanol–water partition coefficient (Wildman–Crippen LogP) is -1.87. The van der Waals surface area contributed by atoms with Crippen LogP contribution in [-0.2, 0) is 34.8 Å². The second-order valence-electron chi connectivity index (χ2n) is 5.88. The van der Waals surface area contributed by atoms with Gasteiger partial charge in [0.15, 0.2) is 10.8 Å². The van der Waals surface area contributed by atoms with Crippen molar-refractivity contribution in [3.8, 4) is 0 Å². The van der Waals surface area contributed by atoms with Gasteiger partial charge >= 0.3 is 39.9 Å². The van der Waals surface area contributed by atoms with Gasteiger partial charge in [-0.05, 0) is 13.8 Å². The summed E-state index contributed by atoms with van der Waals surface area (Å²) in [4.78, 5) is 33.2. The van der Waals surface area contributed by atoms with E-state index in [-0.39, 0.29) is 50.4 Å². The van der Waals surface area contributed by atoms with Gasteiger partial charge in [0, 0.05) is 5.38 Å². The van der Waals surface area contributed by atoms with Crippen LogP contribution in [-0.4, -0.2) is 103 Å². The Morgan fingerprint density at radius 2 is 2.03 bits per heavy atom. The Labute approximate surface area is 193 Å². The van der Waals surface area contributed by atoms with E-state index in [1.807, 2.05) is 0 Å². The van der Waals surface area contributed by atoms with Crippen LogP contribution in [0, 0.1) is 0 Å². The van der Waals surface area contributed by atoms with Crippen molar-refractivity contribution in [2.45, 2.75) is 26.0 Å². The molecule has 13 nitrogen and oxygen atoms in total. The Bertz CT molecular complexity index is 1020. The maximum atomic E-state index is 12.5. The maximum absolute atomic E-state index is 12.5. The Kier molecular flexibility index (Phi) is 8.58. The van der Waals surface area contributed by atoms with Crippen molar-refractivity contribution in [3.63, 3.8) is 0 Å². The molecule has 1 unspecified atom stereocenters. The molecule has 29 heavy (non-hydrogen) atoms. The summed E-state index contributed by atoms with van der Waals surface area (Å²) in [6.45, 7) is 2.85. The number of nitrogens with zero attached hydrogens (tertiary/aromatic N) is 3. The molecular weight excluding hydrogens is 461 g/mol. The minimum absolute atomic E-state index is 0. The average molecular weight is 479 g/mol. The van der Waals surface area contributed by atoms with Gasteiger partial charge in [-0.15, -0.1) is 11.3 Å². The Morgan fingerprint density at radius 3 is 2.52 bits per heavy atom. The number of hydrogen-bond acceptors (Lipinski definition) is 10. The van der Waals surface area contributed by atoms with Crippen LogP contribution in [0.3, 0.4) is 0 Å². The topological polar surface area (TPSA) is 184 Å². The molecule has 2 amide bonds. The molecule has 2 rings (SSSR count). The van der Waals surface area contributed by atoms with Gasteiger partial charge in [-0.25, -0.2) is 17.7 Å². The number of oxime groups is 1. The van der Waals surface area contributed by atoms with Gasteiger partial charge in [-0.2, -0.15) is 8.42 Å². The fraction of sp³-hybridized carbons (Fsp3) is 0.500. The number of β-lactam (4-membered cyclic amide) rings is 1. The number of sulfonamides is 1. The number of carbonyl (C=O) groups is 2. The molecule has 17 heteroatoms. The first-order valence-electron chi connectivity index (χ1n) is 7.55. The molecule has 1 atom stereocenters. The number of hydrogen-bond donors (Lipinski definition) is 3. The standard InChI is InChI=1S/C12H17N5O8S3.Na.H/c1-6(2)25-15-9(8-5-26-12(14-8)16-27(3,20)21)10(18)13-7-4-17(11(7)19)28(22,23)24;;/h5-7H,4H2,1-3H3,(H,13,18)(H,14,16)(H,22,23,24);;. The third kappa shape index (κ3) is 7.16. The normalized spacial score (nSPS) is 17.4. The van der Waals surface area contributed by atoms with Crippen molar-refractivity contribution in [2.75, 3.05) is 17.5 Å². The second-order valence-corrected chi connectivity index (χ2v) is 9.82.